The van der Waals surface area contributed by atoms with Gasteiger partial charge in [0.05, 0.1) is 0 Å². The Labute approximate surface area is 162 Å². The van der Waals surface area contributed by atoms with Crippen LogP contribution < -0.4 is 10.6 Å². The molecule has 0 saturated heterocycles. The predicted octanol–water partition coefficient (Wildman–Crippen LogP) is 5.32. The highest BCUT2D eigenvalue weighted by atomic mass is 35.5. The molecule has 4 rings (SSSR count). The number of fused-ring (bicyclic) bond motifs is 1. The molecule has 0 unspecified atom stereocenters. The Balaban J connectivity index is 1.43. The number of H-pyrrole nitrogens is 1. The molecule has 136 valence electrons. The molecule has 0 spiro atoms. The molecule has 5 nitrogen and oxygen atoms in total. The van der Waals surface area contributed by atoms with Crippen LogP contribution in [0.15, 0.2) is 60.8 Å². The number of aryl methyl sites for hydroxylation is 1. The molecule has 3 N–H and O–H groups in total. The van der Waals surface area contributed by atoms with Crippen molar-refractivity contribution in [1.29, 1.82) is 0 Å². The first-order chi connectivity index (χ1) is 13.2. The van der Waals surface area contributed by atoms with Crippen molar-refractivity contribution >= 4 is 40.0 Å². The summed E-state index contributed by atoms with van der Waals surface area (Å²) in [6, 6.07) is 17.8. The number of aromatic amines is 1. The maximum atomic E-state index is 6.04. The Morgan fingerprint density at radius 1 is 1.04 bits per heavy atom. The van der Waals surface area contributed by atoms with Gasteiger partial charge in [0.1, 0.15) is 5.82 Å². The fourth-order valence-electron chi connectivity index (χ4n) is 3.07. The Morgan fingerprint density at radius 3 is 2.81 bits per heavy atom. The number of hydrogen-bond acceptors (Lipinski definition) is 4. The first-order valence-corrected chi connectivity index (χ1v) is 9.22. The van der Waals surface area contributed by atoms with Gasteiger partial charge in [-0.3, -0.25) is 0 Å². The molecule has 6 heteroatoms. The van der Waals surface area contributed by atoms with Crippen LogP contribution in [0, 0.1) is 6.92 Å². The lowest BCUT2D eigenvalue weighted by Crippen LogP contribution is -2.08. The second-order valence-electron chi connectivity index (χ2n) is 6.39. The van der Waals surface area contributed by atoms with Crippen molar-refractivity contribution in [1.82, 2.24) is 15.0 Å². The molecule has 27 heavy (non-hydrogen) atoms. The van der Waals surface area contributed by atoms with E-state index in [0.717, 1.165) is 30.2 Å². The van der Waals surface area contributed by atoms with Crippen molar-refractivity contribution < 1.29 is 0 Å². The summed E-state index contributed by atoms with van der Waals surface area (Å²) in [7, 11) is 0. The molecule has 0 amide bonds. The highest BCUT2D eigenvalue weighted by molar-refractivity contribution is 6.30. The SMILES string of the molecule is Cc1cc(NCCc2c[nH]c3ccccc23)nc(Nc2cccc(Cl)c2)n1. The molecule has 2 aromatic heterocycles. The predicted molar refractivity (Wildman–Crippen MR) is 112 cm³/mol. The molecular weight excluding hydrogens is 358 g/mol. The van der Waals surface area contributed by atoms with Gasteiger partial charge >= 0.3 is 0 Å². The second kappa shape index (κ2) is 7.68. The van der Waals surface area contributed by atoms with Gasteiger partial charge in [-0.25, -0.2) is 4.98 Å². The Kier molecular flexibility index (Phi) is 4.94. The van der Waals surface area contributed by atoms with E-state index in [-0.39, 0.29) is 0 Å². The summed E-state index contributed by atoms with van der Waals surface area (Å²) >= 11 is 6.04. The van der Waals surface area contributed by atoms with E-state index in [2.05, 4.69) is 50.0 Å². The van der Waals surface area contributed by atoms with E-state index in [4.69, 9.17) is 11.6 Å². The highest BCUT2D eigenvalue weighted by Crippen LogP contribution is 2.20. The van der Waals surface area contributed by atoms with Gasteiger partial charge in [0, 0.05) is 46.1 Å². The fraction of sp³-hybridized carbons (Fsp3) is 0.143. The zero-order chi connectivity index (χ0) is 18.6. The normalized spacial score (nSPS) is 10.9. The molecule has 0 aliphatic carbocycles. The smallest absolute Gasteiger partial charge is 0.229 e. The maximum absolute atomic E-state index is 6.04. The molecular formula is C21H20ClN5. The van der Waals surface area contributed by atoms with E-state index >= 15 is 0 Å². The van der Waals surface area contributed by atoms with Gasteiger partial charge in [-0.2, -0.15) is 4.98 Å². The van der Waals surface area contributed by atoms with Crippen LogP contribution in [-0.4, -0.2) is 21.5 Å². The number of hydrogen-bond donors (Lipinski definition) is 3. The Morgan fingerprint density at radius 2 is 1.93 bits per heavy atom. The van der Waals surface area contributed by atoms with E-state index in [1.807, 2.05) is 43.3 Å². The van der Waals surface area contributed by atoms with Crippen molar-refractivity contribution in [2.75, 3.05) is 17.2 Å². The van der Waals surface area contributed by atoms with Crippen LogP contribution in [0.5, 0.6) is 0 Å². The summed E-state index contributed by atoms with van der Waals surface area (Å²) in [4.78, 5) is 12.3. The van der Waals surface area contributed by atoms with Crippen LogP contribution in [-0.2, 0) is 6.42 Å². The lowest BCUT2D eigenvalue weighted by molar-refractivity contribution is 1.00. The van der Waals surface area contributed by atoms with E-state index < -0.39 is 0 Å². The number of halogens is 1. The van der Waals surface area contributed by atoms with Crippen LogP contribution in [0.1, 0.15) is 11.3 Å². The lowest BCUT2D eigenvalue weighted by atomic mass is 10.1. The molecule has 0 aliphatic heterocycles. The quantitative estimate of drug-likeness (QED) is 0.425. The van der Waals surface area contributed by atoms with Crippen molar-refractivity contribution in [3.63, 3.8) is 0 Å². The first kappa shape index (κ1) is 17.4. The zero-order valence-electron chi connectivity index (χ0n) is 15.0. The van der Waals surface area contributed by atoms with Gasteiger partial charge in [-0.15, -0.1) is 0 Å². The molecule has 4 aromatic rings. The third-order valence-corrected chi connectivity index (χ3v) is 4.55. The van der Waals surface area contributed by atoms with Crippen LogP contribution in [0.2, 0.25) is 5.02 Å². The molecule has 0 bridgehead atoms. The first-order valence-electron chi connectivity index (χ1n) is 8.84. The number of rotatable bonds is 6. The largest absolute Gasteiger partial charge is 0.370 e. The van der Waals surface area contributed by atoms with Crippen LogP contribution in [0.25, 0.3) is 10.9 Å². The zero-order valence-corrected chi connectivity index (χ0v) is 15.7. The average molecular weight is 378 g/mol. The van der Waals surface area contributed by atoms with Crippen molar-refractivity contribution in [3.05, 3.63) is 77.1 Å². The highest BCUT2D eigenvalue weighted by Gasteiger charge is 2.05. The minimum atomic E-state index is 0.548. The minimum Gasteiger partial charge on any atom is -0.370 e. The monoisotopic (exact) mass is 377 g/mol. The molecule has 2 aromatic carbocycles. The second-order valence-corrected chi connectivity index (χ2v) is 6.83. The van der Waals surface area contributed by atoms with Crippen molar-refractivity contribution in [3.8, 4) is 0 Å². The van der Waals surface area contributed by atoms with Gasteiger partial charge in [-0.1, -0.05) is 35.9 Å². The van der Waals surface area contributed by atoms with Gasteiger partial charge in [-0.05, 0) is 43.2 Å². The topological polar surface area (TPSA) is 65.6 Å². The average Bonchev–Trinajstić information content (AvgIpc) is 3.05. The van der Waals surface area contributed by atoms with Crippen LogP contribution >= 0.6 is 11.6 Å². The van der Waals surface area contributed by atoms with Crippen LogP contribution in [0.4, 0.5) is 17.5 Å². The summed E-state index contributed by atoms with van der Waals surface area (Å²) in [5.41, 5.74) is 4.21. The lowest BCUT2D eigenvalue weighted by Gasteiger charge is -2.10. The number of nitrogens with zero attached hydrogens (tertiary/aromatic N) is 2. The van der Waals surface area contributed by atoms with Crippen LogP contribution in [0.3, 0.4) is 0 Å². The molecule has 0 atom stereocenters. The fourth-order valence-corrected chi connectivity index (χ4v) is 3.26. The number of aromatic nitrogens is 3. The number of nitrogens with one attached hydrogen (secondary N) is 3. The summed E-state index contributed by atoms with van der Waals surface area (Å²) in [5, 5.41) is 8.53. The van der Waals surface area contributed by atoms with Gasteiger partial charge in [0.15, 0.2) is 0 Å². The van der Waals surface area contributed by atoms with E-state index in [1.165, 1.54) is 16.5 Å². The molecule has 2 heterocycles. The number of para-hydroxylation sites is 1. The van der Waals surface area contributed by atoms with Gasteiger partial charge in [0.25, 0.3) is 0 Å². The summed E-state index contributed by atoms with van der Waals surface area (Å²) < 4.78 is 0. The summed E-state index contributed by atoms with van der Waals surface area (Å²) in [6.07, 6.45) is 2.98. The number of benzene rings is 2. The van der Waals surface area contributed by atoms with Crippen molar-refractivity contribution in [2.45, 2.75) is 13.3 Å². The maximum Gasteiger partial charge on any atom is 0.229 e. The third-order valence-electron chi connectivity index (χ3n) is 4.31. The molecule has 0 fully saturated rings. The molecule has 0 saturated carbocycles. The van der Waals surface area contributed by atoms with Gasteiger partial charge in [0.2, 0.25) is 5.95 Å². The Bertz CT molecular complexity index is 1070. The summed E-state index contributed by atoms with van der Waals surface area (Å²) in [6.45, 7) is 2.74. The molecule has 0 radical (unpaired) electrons. The van der Waals surface area contributed by atoms with E-state index in [0.29, 0.717) is 11.0 Å². The summed E-state index contributed by atoms with van der Waals surface area (Å²) in [5.74, 6) is 1.35. The third kappa shape index (κ3) is 4.20. The molecule has 0 aliphatic rings. The van der Waals surface area contributed by atoms with E-state index in [9.17, 15) is 0 Å². The number of anilines is 3. The van der Waals surface area contributed by atoms with E-state index in [1.54, 1.807) is 0 Å². The Hall–Kier alpha value is -3.05. The van der Waals surface area contributed by atoms with Gasteiger partial charge < -0.3 is 15.6 Å². The minimum absolute atomic E-state index is 0.548. The standard InChI is InChI=1S/C21H20ClN5/c1-14-11-20(27-21(25-14)26-17-6-4-5-16(22)12-17)23-10-9-15-13-24-19-8-3-2-7-18(15)19/h2-8,11-13,24H,9-10H2,1H3,(H2,23,25,26,27). The van der Waals surface area contributed by atoms with Crippen molar-refractivity contribution in [2.24, 2.45) is 0 Å².